The number of aliphatic hydroxyl groups is 1. The molecular weight excluding hydrogens is 242 g/mol. The van der Waals surface area contributed by atoms with Gasteiger partial charge in [0.15, 0.2) is 6.10 Å². The lowest BCUT2D eigenvalue weighted by molar-refractivity contribution is -0.146. The number of amides is 1. The smallest absolute Gasteiger partial charge is 0.334 e. The summed E-state index contributed by atoms with van der Waals surface area (Å²) in [7, 11) is 1.41. The number of hydrogen-bond acceptors (Lipinski definition) is 5. The Morgan fingerprint density at radius 2 is 2.11 bits per heavy atom. The van der Waals surface area contributed by atoms with Crippen molar-refractivity contribution in [1.82, 2.24) is 5.32 Å². The van der Waals surface area contributed by atoms with Gasteiger partial charge in [0, 0.05) is 6.07 Å². The molecule has 7 nitrogen and oxygen atoms in total. The highest BCUT2D eigenvalue weighted by Crippen LogP contribution is 2.23. The van der Waals surface area contributed by atoms with Gasteiger partial charge in [-0.25, -0.2) is 4.79 Å². The van der Waals surface area contributed by atoms with Crippen LogP contribution in [0, 0.1) is 0 Å². The number of nitrogens with one attached hydrogen (secondary N) is 1. The number of carbonyl (C=O) groups excluding carboxylic acids is 1. The molecule has 4 N–H and O–H groups in total. The number of methoxy groups -OCH3 is 1. The van der Waals surface area contributed by atoms with Crippen molar-refractivity contribution >= 4 is 11.9 Å². The summed E-state index contributed by atoms with van der Waals surface area (Å²) in [6.45, 7) is -0.445. The van der Waals surface area contributed by atoms with Crippen molar-refractivity contribution in [2.45, 2.75) is 6.10 Å². The lowest BCUT2D eigenvalue weighted by Crippen LogP contribution is -2.36. The van der Waals surface area contributed by atoms with Crippen LogP contribution in [-0.4, -0.2) is 47.0 Å². The van der Waals surface area contributed by atoms with E-state index in [9.17, 15) is 14.7 Å². The number of carbonyl (C=O) groups is 2. The SMILES string of the molecule is COc1ccc(C(=O)NCC(O)C(=O)O)c(O)c1. The summed E-state index contributed by atoms with van der Waals surface area (Å²) < 4.78 is 4.85. The topological polar surface area (TPSA) is 116 Å². The molecule has 1 aromatic carbocycles. The fourth-order valence-electron chi connectivity index (χ4n) is 1.20. The summed E-state index contributed by atoms with van der Waals surface area (Å²) in [6, 6.07) is 4.06. The molecule has 0 saturated carbocycles. The zero-order valence-corrected chi connectivity index (χ0v) is 9.58. The van der Waals surface area contributed by atoms with Gasteiger partial charge in [-0.05, 0) is 12.1 Å². The van der Waals surface area contributed by atoms with Gasteiger partial charge in [0.2, 0.25) is 0 Å². The predicted octanol–water partition coefficient (Wildman–Crippen LogP) is -0.424. The van der Waals surface area contributed by atoms with Gasteiger partial charge in [0.05, 0.1) is 19.2 Å². The fourth-order valence-corrected chi connectivity index (χ4v) is 1.20. The Morgan fingerprint density at radius 3 is 2.61 bits per heavy atom. The summed E-state index contributed by atoms with van der Waals surface area (Å²) >= 11 is 0. The first-order valence-electron chi connectivity index (χ1n) is 5.01. The van der Waals surface area contributed by atoms with E-state index in [0.29, 0.717) is 5.75 Å². The second kappa shape index (κ2) is 5.87. The molecule has 1 aromatic rings. The van der Waals surface area contributed by atoms with Gasteiger partial charge in [-0.3, -0.25) is 4.79 Å². The van der Waals surface area contributed by atoms with Crippen LogP contribution in [-0.2, 0) is 4.79 Å². The number of aliphatic hydroxyl groups excluding tert-OH is 1. The number of phenols is 1. The Bertz CT molecular complexity index is 459. The summed E-state index contributed by atoms with van der Waals surface area (Å²) in [6.07, 6.45) is -1.69. The maximum Gasteiger partial charge on any atom is 0.334 e. The van der Waals surface area contributed by atoms with Crippen molar-refractivity contribution in [2.75, 3.05) is 13.7 Å². The molecule has 0 aromatic heterocycles. The van der Waals surface area contributed by atoms with Crippen molar-refractivity contribution in [3.05, 3.63) is 23.8 Å². The predicted molar refractivity (Wildman–Crippen MR) is 60.6 cm³/mol. The zero-order chi connectivity index (χ0) is 13.7. The minimum atomic E-state index is -1.69. The molecule has 0 spiro atoms. The number of benzene rings is 1. The van der Waals surface area contributed by atoms with Crippen molar-refractivity contribution in [3.8, 4) is 11.5 Å². The average Bonchev–Trinajstić information content (AvgIpc) is 2.34. The lowest BCUT2D eigenvalue weighted by atomic mass is 10.1. The number of phenolic OH excluding ortho intramolecular Hbond substituents is 1. The molecule has 0 saturated heterocycles. The Balaban J connectivity index is 2.70. The van der Waals surface area contributed by atoms with Gasteiger partial charge < -0.3 is 25.4 Å². The van der Waals surface area contributed by atoms with Gasteiger partial charge in [-0.15, -0.1) is 0 Å². The number of ether oxygens (including phenoxy) is 1. The van der Waals surface area contributed by atoms with Gasteiger partial charge in [0.25, 0.3) is 5.91 Å². The molecule has 0 bridgehead atoms. The molecule has 0 aliphatic heterocycles. The summed E-state index contributed by atoms with van der Waals surface area (Å²) in [4.78, 5) is 21.9. The normalized spacial score (nSPS) is 11.7. The number of hydrogen-bond donors (Lipinski definition) is 4. The number of carboxylic acids is 1. The van der Waals surface area contributed by atoms with E-state index in [1.807, 2.05) is 0 Å². The highest BCUT2D eigenvalue weighted by molar-refractivity contribution is 5.97. The molecule has 1 rings (SSSR count). The Hall–Kier alpha value is -2.28. The van der Waals surface area contributed by atoms with Crippen LogP contribution < -0.4 is 10.1 Å². The van der Waals surface area contributed by atoms with E-state index < -0.39 is 24.5 Å². The van der Waals surface area contributed by atoms with Gasteiger partial charge in [0.1, 0.15) is 11.5 Å². The van der Waals surface area contributed by atoms with Gasteiger partial charge in [-0.2, -0.15) is 0 Å². The molecule has 98 valence electrons. The standard InChI is InChI=1S/C11H13NO6/c1-18-6-2-3-7(8(13)4-6)10(15)12-5-9(14)11(16)17/h2-4,9,13-14H,5H2,1H3,(H,12,15)(H,16,17). The minimum Gasteiger partial charge on any atom is -0.507 e. The number of rotatable bonds is 5. The summed E-state index contributed by atoms with van der Waals surface area (Å²) in [5, 5.41) is 29.1. The van der Waals surface area contributed by atoms with E-state index in [0.717, 1.165) is 0 Å². The maximum absolute atomic E-state index is 11.6. The Labute approximate surface area is 103 Å². The zero-order valence-electron chi connectivity index (χ0n) is 9.58. The van der Waals surface area contributed by atoms with Gasteiger partial charge in [-0.1, -0.05) is 0 Å². The highest BCUT2D eigenvalue weighted by atomic mass is 16.5. The molecule has 0 radical (unpaired) electrons. The Morgan fingerprint density at radius 1 is 1.44 bits per heavy atom. The molecule has 0 fully saturated rings. The third-order valence-corrected chi connectivity index (χ3v) is 2.19. The molecule has 7 heteroatoms. The summed E-state index contributed by atoms with van der Waals surface area (Å²) in [5.74, 6) is -2.03. The first-order chi connectivity index (χ1) is 8.45. The van der Waals surface area contributed by atoms with E-state index in [1.54, 1.807) is 0 Å². The van der Waals surface area contributed by atoms with E-state index in [1.165, 1.54) is 25.3 Å². The Kier molecular flexibility index (Phi) is 4.50. The monoisotopic (exact) mass is 255 g/mol. The quantitative estimate of drug-likeness (QED) is 0.567. The second-order valence-corrected chi connectivity index (χ2v) is 3.45. The highest BCUT2D eigenvalue weighted by Gasteiger charge is 2.16. The van der Waals surface area contributed by atoms with Crippen molar-refractivity contribution in [3.63, 3.8) is 0 Å². The van der Waals surface area contributed by atoms with Crippen LogP contribution in [0.2, 0.25) is 0 Å². The van der Waals surface area contributed by atoms with Crippen LogP contribution in [0.3, 0.4) is 0 Å². The number of aliphatic carboxylic acids is 1. The van der Waals surface area contributed by atoms with Crippen molar-refractivity contribution in [1.29, 1.82) is 0 Å². The molecule has 0 heterocycles. The first kappa shape index (κ1) is 13.8. The van der Waals surface area contributed by atoms with Crippen molar-refractivity contribution in [2.24, 2.45) is 0 Å². The molecule has 0 aliphatic carbocycles. The molecule has 1 atom stereocenters. The lowest BCUT2D eigenvalue weighted by Gasteiger charge is -2.09. The molecular formula is C11H13NO6. The number of aromatic hydroxyl groups is 1. The van der Waals surface area contributed by atoms with E-state index >= 15 is 0 Å². The van der Waals surface area contributed by atoms with Gasteiger partial charge >= 0.3 is 5.97 Å². The third-order valence-electron chi connectivity index (χ3n) is 2.19. The summed E-state index contributed by atoms with van der Waals surface area (Å²) in [5.41, 5.74) is -0.0339. The molecule has 1 amide bonds. The van der Waals surface area contributed by atoms with Crippen LogP contribution >= 0.6 is 0 Å². The molecule has 0 aliphatic rings. The van der Waals surface area contributed by atoms with Crippen LogP contribution in [0.5, 0.6) is 11.5 Å². The van der Waals surface area contributed by atoms with E-state index in [-0.39, 0.29) is 11.3 Å². The second-order valence-electron chi connectivity index (χ2n) is 3.45. The third kappa shape index (κ3) is 3.36. The molecule has 18 heavy (non-hydrogen) atoms. The van der Waals surface area contributed by atoms with Crippen LogP contribution in [0.1, 0.15) is 10.4 Å². The fraction of sp³-hybridized carbons (Fsp3) is 0.273. The number of carboxylic acid groups (broad SMARTS) is 1. The van der Waals surface area contributed by atoms with Crippen molar-refractivity contribution < 1.29 is 29.6 Å². The maximum atomic E-state index is 11.6. The van der Waals surface area contributed by atoms with Crippen LogP contribution in [0.15, 0.2) is 18.2 Å². The van der Waals surface area contributed by atoms with Crippen LogP contribution in [0.4, 0.5) is 0 Å². The van der Waals surface area contributed by atoms with E-state index in [4.69, 9.17) is 14.9 Å². The van der Waals surface area contributed by atoms with E-state index in [2.05, 4.69) is 5.32 Å². The van der Waals surface area contributed by atoms with Crippen LogP contribution in [0.25, 0.3) is 0 Å². The average molecular weight is 255 g/mol. The largest absolute Gasteiger partial charge is 0.507 e. The molecule has 1 unspecified atom stereocenters. The first-order valence-corrected chi connectivity index (χ1v) is 5.01. The minimum absolute atomic E-state index is 0.0339.